The standard InChI is InChI=1S/C20H26N4/c1-2-4-17(5-3-1)18-14-19(18)22-11-6-16-8-12-24(13-9-16)20-7-10-21-15-23-20/h1-5,7,10,15-16,18-19,22H,6,8-9,11-14H2/t18-,19+/m0/s1. The van der Waals surface area contributed by atoms with Crippen molar-refractivity contribution in [1.29, 1.82) is 0 Å². The van der Waals surface area contributed by atoms with Gasteiger partial charge in [0.2, 0.25) is 0 Å². The number of rotatable bonds is 6. The zero-order valence-corrected chi connectivity index (χ0v) is 14.1. The first-order valence-corrected chi connectivity index (χ1v) is 9.19. The smallest absolute Gasteiger partial charge is 0.131 e. The van der Waals surface area contributed by atoms with Gasteiger partial charge >= 0.3 is 0 Å². The van der Waals surface area contributed by atoms with Gasteiger partial charge in [0.15, 0.2) is 0 Å². The molecule has 1 aliphatic carbocycles. The summed E-state index contributed by atoms with van der Waals surface area (Å²) in [5, 5.41) is 3.76. The van der Waals surface area contributed by atoms with Crippen LogP contribution in [0.25, 0.3) is 0 Å². The van der Waals surface area contributed by atoms with Crippen molar-refractivity contribution in [2.75, 3.05) is 24.5 Å². The van der Waals surface area contributed by atoms with E-state index in [2.05, 4.69) is 50.5 Å². The van der Waals surface area contributed by atoms with Crippen molar-refractivity contribution in [1.82, 2.24) is 15.3 Å². The second-order valence-electron chi connectivity index (χ2n) is 7.10. The average molecular weight is 322 g/mol. The Bertz CT molecular complexity index is 623. The Morgan fingerprint density at radius 3 is 2.67 bits per heavy atom. The number of hydrogen-bond donors (Lipinski definition) is 1. The number of nitrogens with one attached hydrogen (secondary N) is 1. The lowest BCUT2D eigenvalue weighted by molar-refractivity contribution is 0.372. The van der Waals surface area contributed by atoms with E-state index >= 15 is 0 Å². The summed E-state index contributed by atoms with van der Waals surface area (Å²) in [5.41, 5.74) is 1.49. The highest BCUT2D eigenvalue weighted by Crippen LogP contribution is 2.40. The molecule has 2 aromatic rings. The Hall–Kier alpha value is -1.94. The van der Waals surface area contributed by atoms with Crippen LogP contribution in [0.4, 0.5) is 5.82 Å². The van der Waals surface area contributed by atoms with Gasteiger partial charge in [-0.05, 0) is 49.8 Å². The lowest BCUT2D eigenvalue weighted by Crippen LogP contribution is -2.35. The van der Waals surface area contributed by atoms with Crippen LogP contribution in [0, 0.1) is 5.92 Å². The molecule has 1 saturated heterocycles. The summed E-state index contributed by atoms with van der Waals surface area (Å²) in [6, 6.07) is 13.6. The highest BCUT2D eigenvalue weighted by Gasteiger charge is 2.37. The number of nitrogens with zero attached hydrogens (tertiary/aromatic N) is 3. The van der Waals surface area contributed by atoms with Crippen molar-refractivity contribution < 1.29 is 0 Å². The van der Waals surface area contributed by atoms with E-state index in [0.29, 0.717) is 6.04 Å². The predicted octanol–water partition coefficient (Wildman–Crippen LogP) is 3.23. The Labute approximate surface area is 144 Å². The second-order valence-corrected chi connectivity index (χ2v) is 7.10. The van der Waals surface area contributed by atoms with Crippen molar-refractivity contribution in [3.8, 4) is 0 Å². The van der Waals surface area contributed by atoms with Crippen molar-refractivity contribution in [2.24, 2.45) is 5.92 Å². The molecule has 4 rings (SSSR count). The molecule has 0 bridgehead atoms. The first kappa shape index (κ1) is 15.6. The molecule has 2 aliphatic rings. The molecule has 4 heteroatoms. The Morgan fingerprint density at radius 1 is 1.08 bits per heavy atom. The van der Waals surface area contributed by atoms with Gasteiger partial charge in [-0.3, -0.25) is 0 Å². The van der Waals surface area contributed by atoms with E-state index in [1.807, 2.05) is 12.3 Å². The van der Waals surface area contributed by atoms with E-state index in [0.717, 1.165) is 37.3 Å². The van der Waals surface area contributed by atoms with Gasteiger partial charge in [0, 0.05) is 31.2 Å². The third-order valence-electron chi connectivity index (χ3n) is 5.48. The van der Waals surface area contributed by atoms with Crippen LogP contribution in [0.15, 0.2) is 48.9 Å². The van der Waals surface area contributed by atoms with E-state index in [9.17, 15) is 0 Å². The molecular formula is C20H26N4. The molecule has 1 aliphatic heterocycles. The molecule has 126 valence electrons. The van der Waals surface area contributed by atoms with Crippen LogP contribution >= 0.6 is 0 Å². The molecule has 2 heterocycles. The molecule has 2 fully saturated rings. The maximum absolute atomic E-state index is 4.36. The van der Waals surface area contributed by atoms with Gasteiger partial charge in [0.05, 0.1) is 0 Å². The SMILES string of the molecule is c1ccc([C@@H]2C[C@H]2NCCC2CCN(c3ccncn3)CC2)cc1. The van der Waals surface area contributed by atoms with Gasteiger partial charge in [-0.1, -0.05) is 30.3 Å². The van der Waals surface area contributed by atoms with Crippen LogP contribution in [0.5, 0.6) is 0 Å². The van der Waals surface area contributed by atoms with Crippen LogP contribution < -0.4 is 10.2 Å². The largest absolute Gasteiger partial charge is 0.357 e. The third kappa shape index (κ3) is 3.75. The van der Waals surface area contributed by atoms with Gasteiger partial charge in [-0.25, -0.2) is 9.97 Å². The zero-order chi connectivity index (χ0) is 16.2. The van der Waals surface area contributed by atoms with Crippen LogP contribution in [0.3, 0.4) is 0 Å². The van der Waals surface area contributed by atoms with Crippen molar-refractivity contribution in [2.45, 2.75) is 37.6 Å². The normalized spacial score (nSPS) is 24.1. The lowest BCUT2D eigenvalue weighted by Gasteiger charge is -2.32. The molecule has 4 nitrogen and oxygen atoms in total. The number of hydrogen-bond acceptors (Lipinski definition) is 4. The Kier molecular flexibility index (Phi) is 4.74. The molecule has 1 saturated carbocycles. The fourth-order valence-electron chi connectivity index (χ4n) is 3.88. The topological polar surface area (TPSA) is 41.0 Å². The molecule has 0 amide bonds. The first-order valence-electron chi connectivity index (χ1n) is 9.19. The second kappa shape index (κ2) is 7.31. The van der Waals surface area contributed by atoms with Gasteiger partial charge in [0.1, 0.15) is 12.1 Å². The molecule has 0 unspecified atom stereocenters. The fraction of sp³-hybridized carbons (Fsp3) is 0.500. The Morgan fingerprint density at radius 2 is 1.92 bits per heavy atom. The number of benzene rings is 1. The molecule has 1 N–H and O–H groups in total. The quantitative estimate of drug-likeness (QED) is 0.886. The molecule has 1 aromatic carbocycles. The minimum atomic E-state index is 0.702. The summed E-state index contributed by atoms with van der Waals surface area (Å²) < 4.78 is 0. The summed E-state index contributed by atoms with van der Waals surface area (Å²) in [4.78, 5) is 10.7. The van der Waals surface area contributed by atoms with E-state index in [1.165, 1.54) is 31.2 Å². The van der Waals surface area contributed by atoms with Gasteiger partial charge in [-0.2, -0.15) is 0 Å². The molecule has 24 heavy (non-hydrogen) atoms. The van der Waals surface area contributed by atoms with Crippen molar-refractivity contribution in [3.63, 3.8) is 0 Å². The van der Waals surface area contributed by atoms with Crippen molar-refractivity contribution in [3.05, 3.63) is 54.5 Å². The minimum absolute atomic E-state index is 0.702. The van der Waals surface area contributed by atoms with E-state index in [-0.39, 0.29) is 0 Å². The maximum atomic E-state index is 4.36. The molecule has 1 aromatic heterocycles. The van der Waals surface area contributed by atoms with Gasteiger partial charge in [0.25, 0.3) is 0 Å². The summed E-state index contributed by atoms with van der Waals surface area (Å²) >= 11 is 0. The van der Waals surface area contributed by atoms with Crippen LogP contribution in [0.1, 0.15) is 37.2 Å². The van der Waals surface area contributed by atoms with E-state index < -0.39 is 0 Å². The zero-order valence-electron chi connectivity index (χ0n) is 14.1. The average Bonchev–Trinajstić information content (AvgIpc) is 3.43. The highest BCUT2D eigenvalue weighted by molar-refractivity contribution is 5.36. The van der Waals surface area contributed by atoms with Crippen LogP contribution in [0.2, 0.25) is 0 Å². The van der Waals surface area contributed by atoms with Crippen molar-refractivity contribution >= 4 is 5.82 Å². The summed E-state index contributed by atoms with van der Waals surface area (Å²) in [6.45, 7) is 3.40. The van der Waals surface area contributed by atoms with Gasteiger partial charge in [-0.15, -0.1) is 0 Å². The molecule has 0 radical (unpaired) electrons. The molecule has 0 spiro atoms. The minimum Gasteiger partial charge on any atom is -0.357 e. The van der Waals surface area contributed by atoms with Crippen LogP contribution in [-0.4, -0.2) is 35.6 Å². The fourth-order valence-corrected chi connectivity index (χ4v) is 3.88. The van der Waals surface area contributed by atoms with Crippen LogP contribution in [-0.2, 0) is 0 Å². The number of anilines is 1. The third-order valence-corrected chi connectivity index (χ3v) is 5.48. The van der Waals surface area contributed by atoms with E-state index in [1.54, 1.807) is 6.33 Å². The van der Waals surface area contributed by atoms with Gasteiger partial charge < -0.3 is 10.2 Å². The number of aromatic nitrogens is 2. The Balaban J connectivity index is 1.15. The summed E-state index contributed by atoms with van der Waals surface area (Å²) in [6.07, 6.45) is 8.63. The molecule has 2 atom stereocenters. The summed E-state index contributed by atoms with van der Waals surface area (Å²) in [7, 11) is 0. The monoisotopic (exact) mass is 322 g/mol. The predicted molar refractivity (Wildman–Crippen MR) is 97.2 cm³/mol. The lowest BCUT2D eigenvalue weighted by atomic mass is 9.93. The highest BCUT2D eigenvalue weighted by atomic mass is 15.2. The van der Waals surface area contributed by atoms with E-state index in [4.69, 9.17) is 0 Å². The first-order chi connectivity index (χ1) is 11.9. The maximum Gasteiger partial charge on any atom is 0.131 e. The summed E-state index contributed by atoms with van der Waals surface area (Å²) in [5.74, 6) is 2.67. The number of piperidine rings is 1. The molecular weight excluding hydrogens is 296 g/mol.